The second-order valence-corrected chi connectivity index (χ2v) is 6.13. The van der Waals surface area contributed by atoms with E-state index >= 15 is 0 Å². The molecule has 1 saturated heterocycles. The maximum atomic E-state index is 12.1. The highest BCUT2D eigenvalue weighted by Gasteiger charge is 2.11. The normalized spacial score (nSPS) is 14.5. The molecule has 1 aliphatic rings. The fraction of sp³-hybridized carbons (Fsp3) is 0.350. The van der Waals surface area contributed by atoms with Crippen molar-refractivity contribution in [1.82, 2.24) is 0 Å². The van der Waals surface area contributed by atoms with Crippen molar-refractivity contribution in [2.24, 2.45) is 0 Å². The predicted octanol–water partition coefficient (Wildman–Crippen LogP) is 3.40. The molecule has 4 heteroatoms. The number of carbonyl (C=O) groups excluding carboxylic acids is 1. The Balaban J connectivity index is 1.51. The molecule has 2 aromatic carbocycles. The third-order valence-corrected chi connectivity index (χ3v) is 4.37. The van der Waals surface area contributed by atoms with E-state index in [4.69, 9.17) is 4.74 Å². The third kappa shape index (κ3) is 4.36. The van der Waals surface area contributed by atoms with Crippen molar-refractivity contribution in [2.45, 2.75) is 19.8 Å². The van der Waals surface area contributed by atoms with E-state index in [0.29, 0.717) is 6.42 Å². The van der Waals surface area contributed by atoms with Crippen LogP contribution < -0.4 is 10.2 Å². The number of benzene rings is 2. The average Bonchev–Trinajstić information content (AvgIpc) is 2.63. The first kappa shape index (κ1) is 16.5. The van der Waals surface area contributed by atoms with Crippen molar-refractivity contribution in [2.75, 3.05) is 36.5 Å². The molecule has 3 rings (SSSR count). The highest BCUT2D eigenvalue weighted by molar-refractivity contribution is 5.91. The number of aryl methyl sites for hydroxylation is 2. The number of rotatable bonds is 5. The van der Waals surface area contributed by atoms with Crippen LogP contribution in [0.5, 0.6) is 0 Å². The van der Waals surface area contributed by atoms with Crippen LogP contribution in [0.1, 0.15) is 17.5 Å². The first-order valence-electron chi connectivity index (χ1n) is 8.49. The molecule has 2 aromatic rings. The number of morpholine rings is 1. The molecule has 1 fully saturated rings. The number of amides is 1. The molecule has 0 unspecified atom stereocenters. The van der Waals surface area contributed by atoms with Crippen LogP contribution in [-0.2, 0) is 16.0 Å². The van der Waals surface area contributed by atoms with Crippen LogP contribution in [0.25, 0.3) is 0 Å². The van der Waals surface area contributed by atoms with Gasteiger partial charge in [-0.05, 0) is 42.7 Å². The number of para-hydroxylation sites is 1. The van der Waals surface area contributed by atoms with Gasteiger partial charge in [-0.15, -0.1) is 0 Å². The zero-order valence-electron chi connectivity index (χ0n) is 14.1. The van der Waals surface area contributed by atoms with Gasteiger partial charge in [0.25, 0.3) is 0 Å². The Hall–Kier alpha value is -2.33. The molecule has 126 valence electrons. The number of nitrogens with zero attached hydrogens (tertiary/aromatic N) is 1. The van der Waals surface area contributed by atoms with Crippen molar-refractivity contribution >= 4 is 17.3 Å². The van der Waals surface area contributed by atoms with E-state index in [1.807, 2.05) is 31.2 Å². The predicted molar refractivity (Wildman–Crippen MR) is 97.6 cm³/mol. The second kappa shape index (κ2) is 7.97. The molecule has 24 heavy (non-hydrogen) atoms. The summed E-state index contributed by atoms with van der Waals surface area (Å²) in [6, 6.07) is 16.4. The molecule has 1 heterocycles. The summed E-state index contributed by atoms with van der Waals surface area (Å²) in [5.74, 6) is 0.0570. The highest BCUT2D eigenvalue weighted by atomic mass is 16.5. The van der Waals surface area contributed by atoms with Gasteiger partial charge in [0.05, 0.1) is 13.2 Å². The number of hydrogen-bond donors (Lipinski definition) is 1. The average molecular weight is 324 g/mol. The first-order valence-corrected chi connectivity index (χ1v) is 8.49. The standard InChI is InChI=1S/C20H24N2O2/c1-16-4-2-3-5-19(16)21-20(23)11-8-17-6-9-18(10-7-17)22-12-14-24-15-13-22/h2-7,9-10H,8,11-15H2,1H3,(H,21,23). The molecule has 1 N–H and O–H groups in total. The van der Waals surface area contributed by atoms with Crippen LogP contribution >= 0.6 is 0 Å². The van der Waals surface area contributed by atoms with E-state index in [1.54, 1.807) is 0 Å². The van der Waals surface area contributed by atoms with E-state index in [0.717, 1.165) is 44.0 Å². The SMILES string of the molecule is Cc1ccccc1NC(=O)CCc1ccc(N2CCOCC2)cc1. The summed E-state index contributed by atoms with van der Waals surface area (Å²) in [5, 5.41) is 2.98. The van der Waals surface area contributed by atoms with E-state index < -0.39 is 0 Å². The fourth-order valence-corrected chi connectivity index (χ4v) is 2.88. The van der Waals surface area contributed by atoms with Gasteiger partial charge in [-0.2, -0.15) is 0 Å². The van der Waals surface area contributed by atoms with Gasteiger partial charge in [0.1, 0.15) is 0 Å². The molecule has 1 amide bonds. The van der Waals surface area contributed by atoms with Gasteiger partial charge in [0.2, 0.25) is 5.91 Å². The van der Waals surface area contributed by atoms with Crippen LogP contribution in [0.2, 0.25) is 0 Å². The fourth-order valence-electron chi connectivity index (χ4n) is 2.88. The smallest absolute Gasteiger partial charge is 0.224 e. The van der Waals surface area contributed by atoms with Crippen molar-refractivity contribution in [1.29, 1.82) is 0 Å². The molecule has 0 aliphatic carbocycles. The number of anilines is 2. The van der Waals surface area contributed by atoms with Gasteiger partial charge < -0.3 is 15.0 Å². The summed E-state index contributed by atoms with van der Waals surface area (Å²) in [5.41, 5.74) is 4.39. The molecule has 1 aliphatic heterocycles. The summed E-state index contributed by atoms with van der Waals surface area (Å²) < 4.78 is 5.38. The number of ether oxygens (including phenoxy) is 1. The summed E-state index contributed by atoms with van der Waals surface area (Å²) in [4.78, 5) is 14.5. The molecule has 4 nitrogen and oxygen atoms in total. The molecule has 0 bridgehead atoms. The third-order valence-electron chi connectivity index (χ3n) is 4.37. The molecule has 0 aromatic heterocycles. The second-order valence-electron chi connectivity index (χ2n) is 6.13. The number of carbonyl (C=O) groups is 1. The van der Waals surface area contributed by atoms with Gasteiger partial charge in [0, 0.05) is 30.9 Å². The van der Waals surface area contributed by atoms with Crippen molar-refractivity contribution in [3.63, 3.8) is 0 Å². The van der Waals surface area contributed by atoms with Gasteiger partial charge >= 0.3 is 0 Å². The van der Waals surface area contributed by atoms with Gasteiger partial charge in [-0.1, -0.05) is 30.3 Å². The highest BCUT2D eigenvalue weighted by Crippen LogP contribution is 2.18. The van der Waals surface area contributed by atoms with Crippen LogP contribution in [0, 0.1) is 6.92 Å². The molecule has 0 saturated carbocycles. The monoisotopic (exact) mass is 324 g/mol. The zero-order valence-corrected chi connectivity index (χ0v) is 14.1. The molecule has 0 spiro atoms. The minimum Gasteiger partial charge on any atom is -0.378 e. The van der Waals surface area contributed by atoms with E-state index in [9.17, 15) is 4.79 Å². The zero-order chi connectivity index (χ0) is 16.8. The van der Waals surface area contributed by atoms with Crippen molar-refractivity contribution in [3.8, 4) is 0 Å². The maximum absolute atomic E-state index is 12.1. The van der Waals surface area contributed by atoms with Gasteiger partial charge in [0.15, 0.2) is 0 Å². The van der Waals surface area contributed by atoms with E-state index in [1.165, 1.54) is 11.3 Å². The lowest BCUT2D eigenvalue weighted by Crippen LogP contribution is -2.36. The minimum atomic E-state index is 0.0570. The van der Waals surface area contributed by atoms with Crippen molar-refractivity contribution in [3.05, 3.63) is 59.7 Å². The van der Waals surface area contributed by atoms with Crippen molar-refractivity contribution < 1.29 is 9.53 Å². The summed E-state index contributed by atoms with van der Waals surface area (Å²) >= 11 is 0. The molecule has 0 radical (unpaired) electrons. The Morgan fingerprint density at radius 3 is 2.50 bits per heavy atom. The quantitative estimate of drug-likeness (QED) is 0.916. The Kier molecular flexibility index (Phi) is 5.49. The van der Waals surface area contributed by atoms with E-state index in [-0.39, 0.29) is 5.91 Å². The number of nitrogens with one attached hydrogen (secondary N) is 1. The van der Waals surface area contributed by atoms with Crippen LogP contribution in [0.15, 0.2) is 48.5 Å². The van der Waals surface area contributed by atoms with Crippen LogP contribution in [0.3, 0.4) is 0 Å². The van der Waals surface area contributed by atoms with Gasteiger partial charge in [-0.3, -0.25) is 4.79 Å². The summed E-state index contributed by atoms with van der Waals surface area (Å²) in [7, 11) is 0. The Morgan fingerprint density at radius 2 is 1.79 bits per heavy atom. The largest absolute Gasteiger partial charge is 0.378 e. The molecule has 0 atom stereocenters. The van der Waals surface area contributed by atoms with E-state index in [2.05, 4.69) is 34.5 Å². The topological polar surface area (TPSA) is 41.6 Å². The first-order chi connectivity index (χ1) is 11.7. The lowest BCUT2D eigenvalue weighted by molar-refractivity contribution is -0.116. The lowest BCUT2D eigenvalue weighted by atomic mass is 10.1. The minimum absolute atomic E-state index is 0.0570. The lowest BCUT2D eigenvalue weighted by Gasteiger charge is -2.28. The Labute approximate surface area is 143 Å². The summed E-state index contributed by atoms with van der Waals surface area (Å²) in [6.07, 6.45) is 1.24. The number of hydrogen-bond acceptors (Lipinski definition) is 3. The maximum Gasteiger partial charge on any atom is 0.224 e. The van der Waals surface area contributed by atoms with Gasteiger partial charge in [-0.25, -0.2) is 0 Å². The summed E-state index contributed by atoms with van der Waals surface area (Å²) in [6.45, 7) is 5.47. The Bertz CT molecular complexity index is 676. The molecular weight excluding hydrogens is 300 g/mol. The Morgan fingerprint density at radius 1 is 1.08 bits per heavy atom. The van der Waals surface area contributed by atoms with Crippen LogP contribution in [0.4, 0.5) is 11.4 Å². The molecular formula is C20H24N2O2. The van der Waals surface area contributed by atoms with Crippen LogP contribution in [-0.4, -0.2) is 32.2 Å².